The molecule has 0 aliphatic carbocycles. The van der Waals surface area contributed by atoms with Gasteiger partial charge in [-0.1, -0.05) is 24.3 Å². The van der Waals surface area contributed by atoms with Crippen LogP contribution < -0.4 is 5.73 Å². The third kappa shape index (κ3) is 2.93. The molecule has 0 amide bonds. The summed E-state index contributed by atoms with van der Waals surface area (Å²) in [6, 6.07) is 9.02. The van der Waals surface area contributed by atoms with E-state index in [0.717, 1.165) is 12.1 Å². The topological polar surface area (TPSA) is 26.0 Å². The van der Waals surface area contributed by atoms with Gasteiger partial charge in [0.15, 0.2) is 0 Å². The highest BCUT2D eigenvalue weighted by Crippen LogP contribution is 2.31. The smallest absolute Gasteiger partial charge is 0.326 e. The van der Waals surface area contributed by atoms with Gasteiger partial charge in [0.25, 0.3) is 0 Å². The fourth-order valence-electron chi connectivity index (χ4n) is 1.74. The second kappa shape index (κ2) is 5.01. The maximum atomic E-state index is 13.5. The summed E-state index contributed by atoms with van der Waals surface area (Å²) >= 11 is 0. The minimum Gasteiger partial charge on any atom is -0.326 e. The zero-order valence-corrected chi connectivity index (χ0v) is 9.84. The van der Waals surface area contributed by atoms with Gasteiger partial charge in [0.1, 0.15) is 5.82 Å². The number of halogens is 4. The van der Waals surface area contributed by atoms with Crippen LogP contribution in [0.3, 0.4) is 0 Å². The third-order valence-corrected chi connectivity index (χ3v) is 2.82. The fourth-order valence-corrected chi connectivity index (χ4v) is 1.74. The standard InChI is InChI=1S/C14H11F4N/c15-13-7-10(1-2-11(13)8-19)9-3-5-12(6-4-9)14(16,17)18/h1-7H,8,19H2. The fraction of sp³-hybridized carbons (Fsp3) is 0.143. The molecule has 19 heavy (non-hydrogen) atoms. The van der Waals surface area contributed by atoms with E-state index in [-0.39, 0.29) is 6.54 Å². The lowest BCUT2D eigenvalue weighted by molar-refractivity contribution is -0.137. The number of benzene rings is 2. The zero-order chi connectivity index (χ0) is 14.0. The molecule has 0 aliphatic rings. The quantitative estimate of drug-likeness (QED) is 0.820. The molecule has 2 N–H and O–H groups in total. The maximum Gasteiger partial charge on any atom is 0.416 e. The summed E-state index contributed by atoms with van der Waals surface area (Å²) in [5.41, 5.74) is 6.03. The molecule has 2 aromatic rings. The lowest BCUT2D eigenvalue weighted by Gasteiger charge is -2.08. The Bertz CT molecular complexity index is 573. The third-order valence-electron chi connectivity index (χ3n) is 2.82. The Kier molecular flexibility index (Phi) is 3.57. The first-order chi connectivity index (χ1) is 8.91. The number of alkyl halides is 3. The first kappa shape index (κ1) is 13.5. The maximum absolute atomic E-state index is 13.5. The van der Waals surface area contributed by atoms with E-state index < -0.39 is 17.6 Å². The van der Waals surface area contributed by atoms with E-state index in [1.807, 2.05) is 0 Å². The minimum atomic E-state index is -4.37. The Balaban J connectivity index is 2.35. The summed E-state index contributed by atoms with van der Waals surface area (Å²) in [7, 11) is 0. The lowest BCUT2D eigenvalue weighted by atomic mass is 10.0. The van der Waals surface area contributed by atoms with Crippen molar-refractivity contribution in [1.82, 2.24) is 0 Å². The van der Waals surface area contributed by atoms with Crippen molar-refractivity contribution in [3.63, 3.8) is 0 Å². The molecule has 1 nitrogen and oxygen atoms in total. The van der Waals surface area contributed by atoms with Gasteiger partial charge in [0.05, 0.1) is 5.56 Å². The number of hydrogen-bond donors (Lipinski definition) is 1. The summed E-state index contributed by atoms with van der Waals surface area (Å²) in [6.45, 7) is 0.0825. The molecule has 0 aromatic heterocycles. The molecule has 0 bridgehead atoms. The second-order valence-corrected chi connectivity index (χ2v) is 4.09. The Hall–Kier alpha value is -1.88. The van der Waals surface area contributed by atoms with Crippen LogP contribution in [0.15, 0.2) is 42.5 Å². The van der Waals surface area contributed by atoms with Crippen molar-refractivity contribution >= 4 is 0 Å². The zero-order valence-electron chi connectivity index (χ0n) is 9.84. The molecule has 0 unspecified atom stereocenters. The molecule has 2 aromatic carbocycles. The summed E-state index contributed by atoms with van der Waals surface area (Å²) < 4.78 is 50.8. The van der Waals surface area contributed by atoms with Crippen LogP contribution in [0.4, 0.5) is 17.6 Å². The predicted molar refractivity (Wildman–Crippen MR) is 64.7 cm³/mol. The minimum absolute atomic E-state index is 0.0825. The molecular formula is C14H11F4N. The van der Waals surface area contributed by atoms with E-state index in [1.165, 1.54) is 24.3 Å². The lowest BCUT2D eigenvalue weighted by Crippen LogP contribution is -2.04. The highest BCUT2D eigenvalue weighted by molar-refractivity contribution is 5.64. The van der Waals surface area contributed by atoms with Crippen molar-refractivity contribution in [2.75, 3.05) is 0 Å². The van der Waals surface area contributed by atoms with Gasteiger partial charge in [-0.2, -0.15) is 13.2 Å². The Morgan fingerprint density at radius 3 is 1.95 bits per heavy atom. The van der Waals surface area contributed by atoms with Gasteiger partial charge in [-0.05, 0) is 29.3 Å². The average molecular weight is 269 g/mol. The van der Waals surface area contributed by atoms with Crippen LogP contribution in [0.1, 0.15) is 11.1 Å². The van der Waals surface area contributed by atoms with Gasteiger partial charge in [-0.15, -0.1) is 0 Å². The van der Waals surface area contributed by atoms with Gasteiger partial charge in [-0.25, -0.2) is 4.39 Å². The van der Waals surface area contributed by atoms with Crippen molar-refractivity contribution < 1.29 is 17.6 Å². The van der Waals surface area contributed by atoms with Crippen LogP contribution in [-0.2, 0) is 12.7 Å². The number of rotatable bonds is 2. The SMILES string of the molecule is NCc1ccc(-c2ccc(C(F)(F)F)cc2)cc1F. The molecule has 0 fully saturated rings. The molecule has 0 heterocycles. The van der Waals surface area contributed by atoms with Gasteiger partial charge in [0.2, 0.25) is 0 Å². The molecule has 2 rings (SSSR count). The van der Waals surface area contributed by atoms with Crippen LogP contribution in [0.25, 0.3) is 11.1 Å². The van der Waals surface area contributed by atoms with Crippen molar-refractivity contribution in [1.29, 1.82) is 0 Å². The molecule has 0 saturated heterocycles. The van der Waals surface area contributed by atoms with Crippen molar-refractivity contribution in [3.8, 4) is 11.1 Å². The van der Waals surface area contributed by atoms with Crippen LogP contribution >= 0.6 is 0 Å². The Labute approximate surface area is 107 Å². The van der Waals surface area contributed by atoms with Crippen molar-refractivity contribution in [2.24, 2.45) is 5.73 Å². The van der Waals surface area contributed by atoms with E-state index in [4.69, 9.17) is 5.73 Å². The molecule has 5 heteroatoms. The number of nitrogens with two attached hydrogens (primary N) is 1. The summed E-state index contributed by atoms with van der Waals surface area (Å²) in [5.74, 6) is -0.458. The van der Waals surface area contributed by atoms with E-state index in [2.05, 4.69) is 0 Å². The molecule has 100 valence electrons. The molecule has 0 spiro atoms. The van der Waals surface area contributed by atoms with E-state index in [0.29, 0.717) is 16.7 Å². The van der Waals surface area contributed by atoms with Gasteiger partial charge < -0.3 is 5.73 Å². The van der Waals surface area contributed by atoms with E-state index >= 15 is 0 Å². The van der Waals surface area contributed by atoms with Gasteiger partial charge in [-0.3, -0.25) is 0 Å². The van der Waals surface area contributed by atoms with Crippen LogP contribution in [0, 0.1) is 5.82 Å². The van der Waals surface area contributed by atoms with Crippen LogP contribution in [-0.4, -0.2) is 0 Å². The van der Waals surface area contributed by atoms with Gasteiger partial charge in [0, 0.05) is 12.1 Å². The highest BCUT2D eigenvalue weighted by atomic mass is 19.4. The molecular weight excluding hydrogens is 258 g/mol. The average Bonchev–Trinajstić information content (AvgIpc) is 2.38. The van der Waals surface area contributed by atoms with Crippen molar-refractivity contribution in [2.45, 2.75) is 12.7 Å². The second-order valence-electron chi connectivity index (χ2n) is 4.09. The Morgan fingerprint density at radius 2 is 1.47 bits per heavy atom. The molecule has 0 saturated carbocycles. The largest absolute Gasteiger partial charge is 0.416 e. The van der Waals surface area contributed by atoms with Crippen LogP contribution in [0.2, 0.25) is 0 Å². The van der Waals surface area contributed by atoms with Gasteiger partial charge >= 0.3 is 6.18 Å². The normalized spacial score (nSPS) is 11.6. The molecule has 0 aliphatic heterocycles. The van der Waals surface area contributed by atoms with E-state index in [1.54, 1.807) is 6.07 Å². The van der Waals surface area contributed by atoms with Crippen molar-refractivity contribution in [3.05, 3.63) is 59.4 Å². The predicted octanol–water partition coefficient (Wildman–Crippen LogP) is 3.97. The molecule has 0 radical (unpaired) electrons. The Morgan fingerprint density at radius 1 is 0.895 bits per heavy atom. The molecule has 0 atom stereocenters. The monoisotopic (exact) mass is 269 g/mol. The van der Waals surface area contributed by atoms with E-state index in [9.17, 15) is 17.6 Å². The summed E-state index contributed by atoms with van der Waals surface area (Å²) in [5, 5.41) is 0. The summed E-state index contributed by atoms with van der Waals surface area (Å²) in [4.78, 5) is 0. The highest BCUT2D eigenvalue weighted by Gasteiger charge is 2.29. The first-order valence-corrected chi connectivity index (χ1v) is 5.58. The summed E-state index contributed by atoms with van der Waals surface area (Å²) in [6.07, 6.45) is -4.37. The number of hydrogen-bond acceptors (Lipinski definition) is 1. The first-order valence-electron chi connectivity index (χ1n) is 5.58. The van der Waals surface area contributed by atoms with Crippen LogP contribution in [0.5, 0.6) is 0 Å².